The summed E-state index contributed by atoms with van der Waals surface area (Å²) >= 11 is 0. The van der Waals surface area contributed by atoms with Gasteiger partial charge in [0.15, 0.2) is 0 Å². The normalized spacial score (nSPS) is 23.5. The average molecular weight is 253 g/mol. The summed E-state index contributed by atoms with van der Waals surface area (Å²) in [7, 11) is 0. The van der Waals surface area contributed by atoms with Crippen LogP contribution in [0.4, 0.5) is 13.6 Å². The number of likely N-dealkylation sites (tertiary alicyclic amines) is 1. The zero-order valence-corrected chi connectivity index (χ0v) is 9.78. The van der Waals surface area contributed by atoms with Crippen molar-refractivity contribution in [3.8, 4) is 0 Å². The Morgan fingerprint density at radius 3 is 2.44 bits per heavy atom. The van der Waals surface area contributed by atoms with Gasteiger partial charge >= 0.3 is 6.03 Å². The van der Waals surface area contributed by atoms with Crippen molar-refractivity contribution in [1.82, 2.24) is 4.90 Å². The monoisotopic (exact) mass is 253 g/mol. The minimum absolute atomic E-state index is 0.0807. The number of nitrogens with two attached hydrogens (primary N) is 1. The molecule has 1 heterocycles. The molecule has 2 atom stereocenters. The molecule has 0 aliphatic carbocycles. The van der Waals surface area contributed by atoms with Crippen molar-refractivity contribution in [3.05, 3.63) is 35.4 Å². The van der Waals surface area contributed by atoms with Crippen LogP contribution < -0.4 is 5.73 Å². The van der Waals surface area contributed by atoms with Gasteiger partial charge in [-0.15, -0.1) is 0 Å². The van der Waals surface area contributed by atoms with E-state index in [1.54, 1.807) is 6.92 Å². The van der Waals surface area contributed by atoms with Crippen LogP contribution in [-0.2, 0) is 0 Å². The highest BCUT2D eigenvalue weighted by Crippen LogP contribution is 2.36. The number of carbonyl (C=O) groups is 1. The fourth-order valence-corrected chi connectivity index (χ4v) is 2.28. The molecule has 1 aliphatic heterocycles. The average Bonchev–Trinajstić information content (AvgIpc) is 2.54. The summed E-state index contributed by atoms with van der Waals surface area (Å²) in [6.45, 7) is 1.77. The van der Waals surface area contributed by atoms with E-state index in [0.29, 0.717) is 12.0 Å². The molecule has 3 N–H and O–H groups in total. The van der Waals surface area contributed by atoms with Gasteiger partial charge in [-0.1, -0.05) is 6.92 Å². The predicted octanol–water partition coefficient (Wildman–Crippen LogP) is 2.40. The van der Waals surface area contributed by atoms with Crippen LogP contribution in [0.5, 0.6) is 0 Å². The van der Waals surface area contributed by atoms with Crippen LogP contribution in [0.2, 0.25) is 0 Å². The van der Waals surface area contributed by atoms with Crippen molar-refractivity contribution in [2.45, 2.75) is 19.4 Å². The van der Waals surface area contributed by atoms with E-state index in [-0.39, 0.29) is 11.8 Å². The van der Waals surface area contributed by atoms with Gasteiger partial charge in [0.25, 0.3) is 0 Å². The van der Waals surface area contributed by atoms with Gasteiger partial charge in [0, 0.05) is 12.0 Å². The number of hydrogen-bond acceptors (Lipinski definition) is 2. The third-order valence-corrected chi connectivity index (χ3v) is 3.12. The van der Waals surface area contributed by atoms with Crippen molar-refractivity contribution in [1.29, 1.82) is 5.41 Å². The first-order chi connectivity index (χ1) is 8.40. The number of halogens is 2. The molecule has 1 saturated heterocycles. The second-order valence-corrected chi connectivity index (χ2v) is 4.45. The van der Waals surface area contributed by atoms with Gasteiger partial charge in [0.05, 0.1) is 6.04 Å². The molecule has 1 aromatic carbocycles. The van der Waals surface area contributed by atoms with E-state index in [0.717, 1.165) is 23.1 Å². The molecule has 0 bridgehead atoms. The summed E-state index contributed by atoms with van der Waals surface area (Å²) in [5.41, 5.74) is 5.53. The second-order valence-electron chi connectivity index (χ2n) is 4.45. The first-order valence-electron chi connectivity index (χ1n) is 5.53. The van der Waals surface area contributed by atoms with Crippen LogP contribution in [0.1, 0.15) is 24.9 Å². The second kappa shape index (κ2) is 4.36. The predicted molar refractivity (Wildman–Crippen MR) is 62.0 cm³/mol. The van der Waals surface area contributed by atoms with Crippen LogP contribution in [0.15, 0.2) is 18.2 Å². The Kier molecular flexibility index (Phi) is 3.02. The number of amidine groups is 1. The zero-order chi connectivity index (χ0) is 13.4. The maximum absolute atomic E-state index is 13.2. The standard InChI is InChI=1S/C12H13F2N3O/c1-6-2-10(17(11(6)15)12(16)18)7-3-8(13)5-9(14)4-7/h3-6,10,15H,2H2,1H3,(H2,16,18). The van der Waals surface area contributed by atoms with E-state index in [1.165, 1.54) is 0 Å². The highest BCUT2D eigenvalue weighted by Gasteiger charge is 2.38. The quantitative estimate of drug-likeness (QED) is 0.792. The minimum atomic E-state index is -0.779. The lowest BCUT2D eigenvalue weighted by atomic mass is 10.0. The fourth-order valence-electron chi connectivity index (χ4n) is 2.28. The molecule has 0 saturated carbocycles. The highest BCUT2D eigenvalue weighted by atomic mass is 19.1. The van der Waals surface area contributed by atoms with Crippen molar-refractivity contribution < 1.29 is 13.6 Å². The molecule has 18 heavy (non-hydrogen) atoms. The molecule has 0 spiro atoms. The van der Waals surface area contributed by atoms with Gasteiger partial charge < -0.3 is 5.73 Å². The Hall–Kier alpha value is -1.98. The third-order valence-electron chi connectivity index (χ3n) is 3.12. The Morgan fingerprint density at radius 2 is 1.94 bits per heavy atom. The summed E-state index contributed by atoms with van der Waals surface area (Å²) in [6.07, 6.45) is 0.435. The number of rotatable bonds is 1. The zero-order valence-electron chi connectivity index (χ0n) is 9.78. The topological polar surface area (TPSA) is 70.2 Å². The Labute approximate surface area is 103 Å². The molecule has 0 radical (unpaired) electrons. The van der Waals surface area contributed by atoms with Crippen molar-refractivity contribution >= 4 is 11.9 Å². The summed E-state index contributed by atoms with van der Waals surface area (Å²) < 4.78 is 26.4. The SMILES string of the molecule is CC1CC(c2cc(F)cc(F)c2)N(C(N)=O)C1=N. The first-order valence-corrected chi connectivity index (χ1v) is 5.53. The van der Waals surface area contributed by atoms with Crippen molar-refractivity contribution in [2.24, 2.45) is 11.7 Å². The van der Waals surface area contributed by atoms with E-state index >= 15 is 0 Å². The van der Waals surface area contributed by atoms with Gasteiger partial charge in [0.2, 0.25) is 0 Å². The molecule has 96 valence electrons. The van der Waals surface area contributed by atoms with E-state index in [4.69, 9.17) is 11.1 Å². The lowest BCUT2D eigenvalue weighted by molar-refractivity contribution is 0.221. The number of amides is 2. The number of nitrogens with zero attached hydrogens (tertiary/aromatic N) is 1. The molecule has 6 heteroatoms. The fraction of sp³-hybridized carbons (Fsp3) is 0.333. The molecule has 2 amide bonds. The summed E-state index contributed by atoms with van der Waals surface area (Å²) in [4.78, 5) is 12.4. The number of carbonyl (C=O) groups excluding carboxylic acids is 1. The molecule has 2 unspecified atom stereocenters. The van der Waals surface area contributed by atoms with Gasteiger partial charge in [-0.2, -0.15) is 0 Å². The van der Waals surface area contributed by atoms with E-state index < -0.39 is 23.7 Å². The summed E-state index contributed by atoms with van der Waals surface area (Å²) in [5.74, 6) is -1.51. The van der Waals surface area contributed by atoms with Crippen LogP contribution in [0.3, 0.4) is 0 Å². The molecule has 1 aromatic rings. The Morgan fingerprint density at radius 1 is 1.39 bits per heavy atom. The maximum Gasteiger partial charge on any atom is 0.320 e. The van der Waals surface area contributed by atoms with E-state index in [9.17, 15) is 13.6 Å². The van der Waals surface area contributed by atoms with Gasteiger partial charge in [0.1, 0.15) is 17.5 Å². The van der Waals surface area contributed by atoms with Crippen molar-refractivity contribution in [3.63, 3.8) is 0 Å². The molecule has 1 aliphatic rings. The Balaban J connectivity index is 2.42. The molecule has 4 nitrogen and oxygen atoms in total. The Bertz CT molecular complexity index is 498. The van der Waals surface area contributed by atoms with Crippen LogP contribution in [0, 0.1) is 23.0 Å². The smallest absolute Gasteiger partial charge is 0.320 e. The minimum Gasteiger partial charge on any atom is -0.351 e. The maximum atomic E-state index is 13.2. The number of urea groups is 1. The van der Waals surface area contributed by atoms with E-state index in [2.05, 4.69) is 0 Å². The number of primary amides is 1. The third kappa shape index (κ3) is 2.05. The molecule has 1 fully saturated rings. The lowest BCUT2D eigenvalue weighted by Gasteiger charge is -2.22. The molecule has 2 rings (SSSR count). The largest absolute Gasteiger partial charge is 0.351 e. The van der Waals surface area contributed by atoms with Gasteiger partial charge in [-0.25, -0.2) is 13.6 Å². The number of hydrogen-bond donors (Lipinski definition) is 2. The highest BCUT2D eigenvalue weighted by molar-refractivity contribution is 5.98. The summed E-state index contributed by atoms with van der Waals surface area (Å²) in [5, 5.41) is 7.77. The van der Waals surface area contributed by atoms with Crippen LogP contribution >= 0.6 is 0 Å². The first kappa shape index (κ1) is 12.5. The molecule has 0 aromatic heterocycles. The number of nitrogens with one attached hydrogen (secondary N) is 1. The summed E-state index contributed by atoms with van der Waals surface area (Å²) in [6, 6.07) is 1.74. The van der Waals surface area contributed by atoms with Gasteiger partial charge in [-0.05, 0) is 24.1 Å². The van der Waals surface area contributed by atoms with E-state index in [1.807, 2.05) is 0 Å². The molecular weight excluding hydrogens is 240 g/mol. The van der Waals surface area contributed by atoms with Gasteiger partial charge in [-0.3, -0.25) is 10.3 Å². The van der Waals surface area contributed by atoms with Crippen LogP contribution in [0.25, 0.3) is 0 Å². The number of benzene rings is 1. The molecular formula is C12H13F2N3O. The van der Waals surface area contributed by atoms with Crippen LogP contribution in [-0.4, -0.2) is 16.8 Å². The van der Waals surface area contributed by atoms with Crippen molar-refractivity contribution in [2.75, 3.05) is 0 Å². The lowest BCUT2D eigenvalue weighted by Crippen LogP contribution is -2.38.